The van der Waals surface area contributed by atoms with Crippen LogP contribution in [0.2, 0.25) is 45.3 Å². The molecule has 0 spiro atoms. The van der Waals surface area contributed by atoms with Crippen LogP contribution in [-0.4, -0.2) is 42.6 Å². The van der Waals surface area contributed by atoms with Gasteiger partial charge in [-0.2, -0.15) is 0 Å². The van der Waals surface area contributed by atoms with E-state index in [2.05, 4.69) is 53.1 Å². The molecule has 0 rings (SSSR count). The van der Waals surface area contributed by atoms with Crippen LogP contribution >= 0.6 is 0 Å². The maximum Gasteiger partial charge on any atom is 0.315 e. The smallest absolute Gasteiger partial charge is 0.315 e. The van der Waals surface area contributed by atoms with E-state index in [0.717, 1.165) is 25.6 Å². The summed E-state index contributed by atoms with van der Waals surface area (Å²) in [4.78, 5) is 0. The maximum atomic E-state index is 6.69. The molecule has 0 aromatic carbocycles. The van der Waals surface area contributed by atoms with E-state index in [0.29, 0.717) is 5.73 Å². The minimum absolute atomic E-state index is 0.357. The second-order valence-electron chi connectivity index (χ2n) is 7.45. The first-order valence-corrected chi connectivity index (χ1v) is 17.6. The topological polar surface area (TPSA) is 44.5 Å². The maximum absolute atomic E-state index is 6.69. The first kappa shape index (κ1) is 19.5. The van der Waals surface area contributed by atoms with Crippen molar-refractivity contribution >= 4 is 23.7 Å². The molecule has 0 bridgehead atoms. The molecular weight excluding hydrogens is 286 g/mol. The molecule has 2 N–H and O–H groups in total. The third kappa shape index (κ3) is 5.81. The van der Waals surface area contributed by atoms with Gasteiger partial charge in [0.25, 0.3) is 0 Å². The fourth-order valence-electron chi connectivity index (χ4n) is 1.96. The number of hydrogen-bond acceptors (Lipinski definition) is 3. The molecule has 0 aliphatic rings. The Labute approximate surface area is 123 Å². The van der Waals surface area contributed by atoms with Gasteiger partial charge < -0.3 is 14.6 Å². The van der Waals surface area contributed by atoms with E-state index in [1.54, 1.807) is 0 Å². The summed E-state index contributed by atoms with van der Waals surface area (Å²) in [5.74, 6) is 0. The van der Waals surface area contributed by atoms with Crippen molar-refractivity contribution in [2.24, 2.45) is 5.73 Å². The van der Waals surface area contributed by atoms with Gasteiger partial charge in [0.2, 0.25) is 0 Å². The van der Waals surface area contributed by atoms with Gasteiger partial charge in [-0.05, 0) is 32.9 Å². The zero-order valence-corrected chi connectivity index (χ0v) is 17.3. The molecule has 0 aromatic heterocycles. The van der Waals surface area contributed by atoms with Crippen molar-refractivity contribution in [3.8, 4) is 0 Å². The van der Waals surface area contributed by atoms with Gasteiger partial charge in [-0.15, -0.1) is 0 Å². The van der Waals surface area contributed by atoms with Crippen LogP contribution < -0.4 is 5.73 Å². The van der Waals surface area contributed by atoms with Crippen LogP contribution in [0, 0.1) is 0 Å². The van der Waals surface area contributed by atoms with Crippen LogP contribution in [0.5, 0.6) is 0 Å². The summed E-state index contributed by atoms with van der Waals surface area (Å²) in [5, 5.41) is 0. The SMILES string of the molecule is CCO[Si](CCCN)(OC(C)[Si](C)(C)C)[Si](C)(C)C. The van der Waals surface area contributed by atoms with Crippen molar-refractivity contribution in [3.05, 3.63) is 0 Å². The molecule has 0 aliphatic carbocycles. The third-order valence-electron chi connectivity index (χ3n) is 3.82. The highest BCUT2D eigenvalue weighted by atomic mass is 29.3. The summed E-state index contributed by atoms with van der Waals surface area (Å²) >= 11 is 0. The highest BCUT2D eigenvalue weighted by Gasteiger charge is 2.51. The molecule has 6 heteroatoms. The van der Waals surface area contributed by atoms with E-state index >= 15 is 0 Å². The Bertz CT molecular complexity index is 264. The molecule has 2 unspecified atom stereocenters. The molecule has 0 fully saturated rings. The summed E-state index contributed by atoms with van der Waals surface area (Å²) in [7, 11) is -4.87. The van der Waals surface area contributed by atoms with Crippen molar-refractivity contribution in [2.75, 3.05) is 13.2 Å². The molecule has 2 atom stereocenters. The van der Waals surface area contributed by atoms with E-state index in [-0.39, 0.29) is 0 Å². The first-order chi connectivity index (χ1) is 8.50. The second kappa shape index (κ2) is 7.51. The minimum Gasteiger partial charge on any atom is -0.397 e. The molecule has 0 heterocycles. The van der Waals surface area contributed by atoms with Crippen LogP contribution in [0.15, 0.2) is 0 Å². The lowest BCUT2D eigenvalue weighted by molar-refractivity contribution is 0.175. The predicted octanol–water partition coefficient (Wildman–Crippen LogP) is 3.51. The van der Waals surface area contributed by atoms with Gasteiger partial charge in [0.1, 0.15) is 7.59 Å². The van der Waals surface area contributed by atoms with Crippen LogP contribution in [0.4, 0.5) is 0 Å². The predicted molar refractivity (Wildman–Crippen MR) is 93.1 cm³/mol. The summed E-state index contributed by atoms with van der Waals surface area (Å²) in [6.07, 6.45) is 1.02. The van der Waals surface area contributed by atoms with Gasteiger partial charge in [0.05, 0.1) is 8.07 Å². The van der Waals surface area contributed by atoms with Gasteiger partial charge in [-0.3, -0.25) is 0 Å². The molecule has 0 aliphatic heterocycles. The summed E-state index contributed by atoms with van der Waals surface area (Å²) in [6, 6.07) is 1.06. The molecule has 0 amide bonds. The van der Waals surface area contributed by atoms with Crippen molar-refractivity contribution in [1.29, 1.82) is 0 Å². The Morgan fingerprint density at radius 1 is 1.05 bits per heavy atom. The lowest BCUT2D eigenvalue weighted by atomic mass is 10.5. The van der Waals surface area contributed by atoms with E-state index < -0.39 is 23.7 Å². The number of rotatable bonds is 9. The number of hydrogen-bond donors (Lipinski definition) is 1. The monoisotopic (exact) mass is 321 g/mol. The zero-order valence-electron chi connectivity index (χ0n) is 14.3. The highest BCUT2D eigenvalue weighted by molar-refractivity contribution is 7.36. The van der Waals surface area contributed by atoms with Crippen molar-refractivity contribution in [1.82, 2.24) is 0 Å². The Hall–Kier alpha value is 0.531. The van der Waals surface area contributed by atoms with Crippen LogP contribution in [0.1, 0.15) is 20.3 Å². The van der Waals surface area contributed by atoms with E-state index in [9.17, 15) is 0 Å². The lowest BCUT2D eigenvalue weighted by Gasteiger charge is -2.44. The Morgan fingerprint density at radius 3 is 1.89 bits per heavy atom. The van der Waals surface area contributed by atoms with Gasteiger partial charge >= 0.3 is 8.08 Å². The molecule has 0 saturated heterocycles. The molecule has 19 heavy (non-hydrogen) atoms. The normalized spacial score (nSPS) is 18.2. The molecule has 0 radical (unpaired) electrons. The second-order valence-corrected chi connectivity index (χ2v) is 26.8. The van der Waals surface area contributed by atoms with Crippen molar-refractivity contribution in [3.63, 3.8) is 0 Å². The fraction of sp³-hybridized carbons (Fsp3) is 1.00. The number of nitrogens with two attached hydrogens (primary N) is 1. The van der Waals surface area contributed by atoms with Crippen LogP contribution in [0.3, 0.4) is 0 Å². The quantitative estimate of drug-likeness (QED) is 0.661. The van der Waals surface area contributed by atoms with E-state index in [1.807, 2.05) is 0 Å². The van der Waals surface area contributed by atoms with Crippen LogP contribution in [0.25, 0.3) is 0 Å². The van der Waals surface area contributed by atoms with Gasteiger partial charge in [0, 0.05) is 12.3 Å². The Morgan fingerprint density at radius 2 is 1.58 bits per heavy atom. The fourth-order valence-corrected chi connectivity index (χ4v) is 14.0. The molecule has 3 nitrogen and oxygen atoms in total. The van der Waals surface area contributed by atoms with Gasteiger partial charge in [-0.1, -0.05) is 39.3 Å². The molecule has 0 aromatic rings. The summed E-state index contributed by atoms with van der Waals surface area (Å²) in [5.41, 5.74) is 6.08. The largest absolute Gasteiger partial charge is 0.397 e. The van der Waals surface area contributed by atoms with Gasteiger partial charge in [-0.25, -0.2) is 0 Å². The van der Waals surface area contributed by atoms with Crippen molar-refractivity contribution < 1.29 is 8.85 Å². The average Bonchev–Trinajstić information content (AvgIpc) is 2.23. The Balaban J connectivity index is 5.21. The van der Waals surface area contributed by atoms with Crippen molar-refractivity contribution in [2.45, 2.75) is 71.3 Å². The van der Waals surface area contributed by atoms with Gasteiger partial charge in [0.15, 0.2) is 0 Å². The molecular formula is C13H35NO2Si3. The third-order valence-corrected chi connectivity index (χ3v) is 19.8. The van der Waals surface area contributed by atoms with E-state index in [1.165, 1.54) is 0 Å². The van der Waals surface area contributed by atoms with E-state index in [4.69, 9.17) is 14.6 Å². The summed E-state index contributed by atoms with van der Waals surface area (Å²) in [6.45, 7) is 20.1. The minimum atomic E-state index is -2.10. The standard InChI is InChI=1S/C13H35NO2Si3/c1-9-15-19(12-10-11-14,18(6,7)8)16-13(2)17(3,4)5/h13H,9-12,14H2,1-8H3. The highest BCUT2D eigenvalue weighted by Crippen LogP contribution is 2.30. The average molecular weight is 322 g/mol. The lowest BCUT2D eigenvalue weighted by Crippen LogP contribution is -2.65. The molecule has 116 valence electrons. The Kier molecular flexibility index (Phi) is 7.72. The molecule has 0 saturated carbocycles. The summed E-state index contributed by atoms with van der Waals surface area (Å²) < 4.78 is 13.0. The first-order valence-electron chi connectivity index (χ1n) is 7.52. The zero-order chi connectivity index (χ0) is 15.3. The van der Waals surface area contributed by atoms with Crippen LogP contribution in [-0.2, 0) is 8.85 Å².